The molecule has 4 aliphatic rings. The van der Waals surface area contributed by atoms with E-state index in [0.29, 0.717) is 24.0 Å². The topological polar surface area (TPSA) is 112 Å². The highest BCUT2D eigenvalue weighted by Crippen LogP contribution is 2.64. The Morgan fingerprint density at radius 3 is 2.50 bits per heavy atom. The van der Waals surface area contributed by atoms with Crippen molar-refractivity contribution in [2.75, 3.05) is 5.32 Å². The lowest BCUT2D eigenvalue weighted by Gasteiger charge is -2.60. The van der Waals surface area contributed by atoms with Gasteiger partial charge in [0.2, 0.25) is 11.2 Å². The number of ether oxygens (including phenoxy) is 1. The number of halogens is 2. The van der Waals surface area contributed by atoms with Crippen LogP contribution >= 0.6 is 11.6 Å². The van der Waals surface area contributed by atoms with Crippen molar-refractivity contribution in [1.29, 1.82) is 0 Å². The zero-order chi connectivity index (χ0) is 25.1. The fraction of sp³-hybridized carbons (Fsp3) is 0.400. The van der Waals surface area contributed by atoms with Crippen molar-refractivity contribution >= 4 is 28.9 Å². The van der Waals surface area contributed by atoms with Gasteiger partial charge in [0, 0.05) is 12.1 Å². The molecule has 2 unspecified atom stereocenters. The molecule has 0 aliphatic heterocycles. The summed E-state index contributed by atoms with van der Waals surface area (Å²) in [7, 11) is 0. The number of aromatic nitrogens is 3. The van der Waals surface area contributed by atoms with Crippen LogP contribution in [0.4, 0.5) is 15.8 Å². The summed E-state index contributed by atoms with van der Waals surface area (Å²) in [6, 6.07) is 9.47. The third-order valence-electron chi connectivity index (χ3n) is 7.87. The number of nitro benzene ring substituents is 1. The lowest BCUT2D eigenvalue weighted by Crippen LogP contribution is -2.60. The fourth-order valence-corrected chi connectivity index (χ4v) is 7.07. The quantitative estimate of drug-likeness (QED) is 0.335. The summed E-state index contributed by atoms with van der Waals surface area (Å²) < 4.78 is 20.8. The smallest absolute Gasteiger partial charge is 0.275 e. The van der Waals surface area contributed by atoms with E-state index < -0.39 is 16.2 Å². The van der Waals surface area contributed by atoms with Crippen LogP contribution in [0.1, 0.15) is 38.5 Å². The lowest BCUT2D eigenvalue weighted by atomic mass is 9.46. The highest BCUT2D eigenvalue weighted by molar-refractivity contribution is 6.28. The Bertz CT molecular complexity index is 1350. The molecule has 0 radical (unpaired) electrons. The largest absolute Gasteiger partial charge is 0.457 e. The molecule has 3 aromatic rings. The highest BCUT2D eigenvalue weighted by Gasteiger charge is 2.61. The molecule has 0 spiro atoms. The molecule has 36 heavy (non-hydrogen) atoms. The summed E-state index contributed by atoms with van der Waals surface area (Å²) in [4.78, 5) is 28.9. The molecule has 2 aromatic carbocycles. The predicted molar refractivity (Wildman–Crippen MR) is 128 cm³/mol. The molecule has 4 aliphatic carbocycles. The molecule has 4 bridgehead atoms. The maximum Gasteiger partial charge on any atom is 0.275 e. The SMILES string of the molecule is O=C(Nc1cc(Oc2ccc(F)cc2)cc([N+](=O)[O-])c1)C12CC3CC(C1)CC(n1cnc(Cl)n1)(C3)C2. The molecule has 9 nitrogen and oxygen atoms in total. The maximum atomic E-state index is 13.8. The van der Waals surface area contributed by atoms with Gasteiger partial charge in [0.1, 0.15) is 23.6 Å². The molecule has 2 atom stereocenters. The van der Waals surface area contributed by atoms with Gasteiger partial charge in [0.15, 0.2) is 0 Å². The summed E-state index contributed by atoms with van der Waals surface area (Å²) >= 11 is 6.02. The molecular weight excluding hydrogens is 489 g/mol. The lowest BCUT2D eigenvalue weighted by molar-refractivity contribution is -0.384. The molecule has 0 saturated heterocycles. The summed E-state index contributed by atoms with van der Waals surface area (Å²) in [5, 5.41) is 19.1. The number of rotatable bonds is 6. The van der Waals surface area contributed by atoms with E-state index in [1.165, 1.54) is 36.4 Å². The van der Waals surface area contributed by atoms with Gasteiger partial charge in [0.25, 0.3) is 5.69 Å². The minimum atomic E-state index is -0.606. The van der Waals surface area contributed by atoms with Crippen LogP contribution in [0.3, 0.4) is 0 Å². The second-order valence-corrected chi connectivity index (χ2v) is 10.7. The molecule has 1 aromatic heterocycles. The predicted octanol–water partition coefficient (Wildman–Crippen LogP) is 5.71. The molecule has 186 valence electrons. The monoisotopic (exact) mass is 511 g/mol. The summed E-state index contributed by atoms with van der Waals surface area (Å²) in [5.41, 5.74) is -0.851. The Kier molecular flexibility index (Phi) is 5.26. The molecule has 4 fully saturated rings. The van der Waals surface area contributed by atoms with Gasteiger partial charge >= 0.3 is 0 Å². The van der Waals surface area contributed by atoms with Gasteiger partial charge in [-0.1, -0.05) is 0 Å². The number of benzene rings is 2. The normalized spacial score (nSPS) is 28.2. The van der Waals surface area contributed by atoms with Crippen LogP contribution in [0.15, 0.2) is 48.8 Å². The molecule has 11 heteroatoms. The molecular formula is C25H23ClFN5O4. The molecule has 7 rings (SSSR count). The van der Waals surface area contributed by atoms with Crippen LogP contribution in [-0.2, 0) is 10.3 Å². The first-order valence-corrected chi connectivity index (χ1v) is 12.2. The zero-order valence-corrected chi connectivity index (χ0v) is 19.9. The van der Waals surface area contributed by atoms with Gasteiger partial charge in [-0.2, -0.15) is 0 Å². The Morgan fingerprint density at radius 2 is 1.86 bits per heavy atom. The average molecular weight is 512 g/mol. The molecule has 4 saturated carbocycles. The number of amides is 1. The van der Waals surface area contributed by atoms with E-state index in [0.717, 1.165) is 32.1 Å². The number of nitrogens with zero attached hydrogens (tertiary/aromatic N) is 4. The highest BCUT2D eigenvalue weighted by atomic mass is 35.5. The molecule has 1 N–H and O–H groups in total. The van der Waals surface area contributed by atoms with Crippen LogP contribution in [0.2, 0.25) is 5.28 Å². The average Bonchev–Trinajstić information content (AvgIpc) is 3.27. The Labute approximate surface area is 210 Å². The maximum absolute atomic E-state index is 13.8. The van der Waals surface area contributed by atoms with Gasteiger partial charge in [0.05, 0.1) is 27.6 Å². The molecule has 1 heterocycles. The van der Waals surface area contributed by atoms with E-state index in [9.17, 15) is 19.3 Å². The Hall–Kier alpha value is -3.53. The van der Waals surface area contributed by atoms with Crippen molar-refractivity contribution in [3.63, 3.8) is 0 Å². The van der Waals surface area contributed by atoms with E-state index >= 15 is 0 Å². The zero-order valence-electron chi connectivity index (χ0n) is 19.2. The van der Waals surface area contributed by atoms with Crippen LogP contribution in [-0.4, -0.2) is 25.6 Å². The minimum Gasteiger partial charge on any atom is -0.457 e. The third-order valence-corrected chi connectivity index (χ3v) is 8.04. The first kappa shape index (κ1) is 22.9. The minimum absolute atomic E-state index is 0.152. The van der Waals surface area contributed by atoms with Crippen molar-refractivity contribution < 1.29 is 18.8 Å². The van der Waals surface area contributed by atoms with Crippen molar-refractivity contribution in [2.24, 2.45) is 17.3 Å². The van der Waals surface area contributed by atoms with Crippen LogP contribution < -0.4 is 10.1 Å². The first-order chi connectivity index (χ1) is 17.2. The van der Waals surface area contributed by atoms with Gasteiger partial charge in [-0.25, -0.2) is 14.1 Å². The number of hydrogen-bond donors (Lipinski definition) is 1. The number of anilines is 1. The fourth-order valence-electron chi connectivity index (χ4n) is 6.94. The van der Waals surface area contributed by atoms with Crippen LogP contribution in [0.25, 0.3) is 0 Å². The number of nitrogens with one attached hydrogen (secondary N) is 1. The van der Waals surface area contributed by atoms with E-state index in [2.05, 4.69) is 15.4 Å². The van der Waals surface area contributed by atoms with Gasteiger partial charge in [-0.15, -0.1) is 5.10 Å². The number of carbonyl (C=O) groups excluding carboxylic acids is 1. The summed E-state index contributed by atoms with van der Waals surface area (Å²) in [6.07, 6.45) is 6.77. The summed E-state index contributed by atoms with van der Waals surface area (Å²) in [5.74, 6) is 0.704. The second-order valence-electron chi connectivity index (χ2n) is 10.4. The van der Waals surface area contributed by atoms with Crippen LogP contribution in [0.5, 0.6) is 11.5 Å². The summed E-state index contributed by atoms with van der Waals surface area (Å²) in [6.45, 7) is 0. The van der Waals surface area contributed by atoms with Gasteiger partial charge in [-0.3, -0.25) is 14.9 Å². The van der Waals surface area contributed by atoms with Gasteiger partial charge < -0.3 is 10.1 Å². The van der Waals surface area contributed by atoms with Crippen molar-refractivity contribution in [3.05, 3.63) is 70.0 Å². The standard InChI is InChI=1S/C25H23ClFN5O4/c26-23-28-14-31(30-23)25-11-15-5-16(12-25)10-24(9-15,13-25)22(33)29-18-6-19(32(34)35)8-21(7-18)36-20-3-1-17(27)2-4-20/h1-4,6-8,14-16H,5,9-13H2,(H,29,33). The van der Waals surface area contributed by atoms with E-state index in [4.69, 9.17) is 16.3 Å². The van der Waals surface area contributed by atoms with E-state index in [1.807, 2.05) is 4.68 Å². The van der Waals surface area contributed by atoms with Crippen molar-refractivity contribution in [2.45, 2.75) is 44.1 Å². The van der Waals surface area contributed by atoms with E-state index in [-0.39, 0.29) is 33.9 Å². The second kappa shape index (κ2) is 8.26. The number of hydrogen-bond acceptors (Lipinski definition) is 6. The van der Waals surface area contributed by atoms with Crippen LogP contribution in [0, 0.1) is 33.2 Å². The van der Waals surface area contributed by atoms with Gasteiger partial charge in [-0.05, 0) is 86.2 Å². The first-order valence-electron chi connectivity index (χ1n) is 11.8. The van der Waals surface area contributed by atoms with E-state index in [1.54, 1.807) is 12.4 Å². The molecule has 1 amide bonds. The van der Waals surface area contributed by atoms with Crippen molar-refractivity contribution in [1.82, 2.24) is 14.8 Å². The number of carbonyl (C=O) groups is 1. The Balaban J connectivity index is 1.29. The van der Waals surface area contributed by atoms with Crippen molar-refractivity contribution in [3.8, 4) is 11.5 Å². The number of nitro groups is 1. The number of non-ortho nitro benzene ring substituents is 1. The Morgan fingerprint density at radius 1 is 1.14 bits per heavy atom. The third kappa shape index (κ3) is 3.99.